The lowest BCUT2D eigenvalue weighted by molar-refractivity contribution is -0.143. The minimum Gasteiger partial charge on any atom is -0.382 e. The molecular weight excluding hydrogens is 636 g/mol. The first-order valence-electron chi connectivity index (χ1n) is 17.8. The lowest BCUT2D eigenvalue weighted by Gasteiger charge is -2.24. The number of allylic oxidation sites excluding steroid dienone is 5. The van der Waals surface area contributed by atoms with Crippen molar-refractivity contribution < 1.29 is 26.3 Å². The monoisotopic (exact) mass is 689 g/mol. The average molecular weight is 690 g/mol. The predicted octanol–water partition coefficient (Wildman–Crippen LogP) is 13.6. The Balaban J connectivity index is 0.000000823. The zero-order valence-electron chi connectivity index (χ0n) is 29.6. The smallest absolute Gasteiger partial charge is 0.382 e. The summed E-state index contributed by atoms with van der Waals surface area (Å²) in [6, 6.07) is 10.1. The van der Waals surface area contributed by atoms with E-state index < -0.39 is 23.5 Å². The van der Waals surface area contributed by atoms with E-state index in [1.165, 1.54) is 71.1 Å². The second-order valence-corrected chi connectivity index (χ2v) is 13.3. The van der Waals surface area contributed by atoms with E-state index in [4.69, 9.17) is 0 Å². The summed E-state index contributed by atoms with van der Waals surface area (Å²) in [4.78, 5) is 4.42. The number of hydrogen-bond acceptors (Lipinski definition) is 2. The van der Waals surface area contributed by atoms with Crippen LogP contribution >= 0.6 is 0 Å². The van der Waals surface area contributed by atoms with Crippen molar-refractivity contribution in [2.45, 2.75) is 130 Å². The standard InChI is InChI=1S/C33H39F6N3.C7H14/c1-5-10-22(3)31(30(11-6-2)24-14-16-28(17-15-24)42-27-12-8-7-9-13-27)21-40-23(4)41-29-19-25(32(34,35)36)18-26(20-29)33(37,38)39;1-7-5-3-2-4-6-7/h10-11,14-21,27,42H,5-9,12-13H2,1-4H3,(H,40,41);7H,2-6H2,1H3/b22-10+,30-11-,31-21+;. The van der Waals surface area contributed by atoms with E-state index in [0.29, 0.717) is 18.2 Å². The van der Waals surface area contributed by atoms with E-state index >= 15 is 0 Å². The highest BCUT2D eigenvalue weighted by atomic mass is 19.4. The number of hydrogen-bond donors (Lipinski definition) is 2. The lowest BCUT2D eigenvalue weighted by Crippen LogP contribution is -2.22. The highest BCUT2D eigenvalue weighted by molar-refractivity contribution is 5.94. The molecule has 0 atom stereocenters. The van der Waals surface area contributed by atoms with Gasteiger partial charge in [-0.2, -0.15) is 26.3 Å². The molecule has 2 saturated carbocycles. The molecular formula is C40H53F6N3. The largest absolute Gasteiger partial charge is 0.416 e. The van der Waals surface area contributed by atoms with Gasteiger partial charge in [-0.05, 0) is 92.5 Å². The Labute approximate surface area is 289 Å². The number of aliphatic imine (C=N–C) groups is 1. The molecule has 49 heavy (non-hydrogen) atoms. The fraction of sp³-hybridized carbons (Fsp3) is 0.525. The molecule has 2 aromatic carbocycles. The van der Waals surface area contributed by atoms with Crippen LogP contribution in [0.25, 0.3) is 5.57 Å². The first kappa shape index (κ1) is 39.9. The Morgan fingerprint density at radius 1 is 0.735 bits per heavy atom. The highest BCUT2D eigenvalue weighted by Gasteiger charge is 2.37. The van der Waals surface area contributed by atoms with Crippen LogP contribution in [0.15, 0.2) is 77.0 Å². The maximum atomic E-state index is 13.3. The maximum absolute atomic E-state index is 13.3. The van der Waals surface area contributed by atoms with Crippen LogP contribution in [0.3, 0.4) is 0 Å². The zero-order valence-corrected chi connectivity index (χ0v) is 29.6. The molecule has 2 fully saturated rings. The minimum atomic E-state index is -4.93. The van der Waals surface area contributed by atoms with Crippen LogP contribution in [0.1, 0.15) is 128 Å². The summed E-state index contributed by atoms with van der Waals surface area (Å²) in [5.74, 6) is 1.18. The predicted molar refractivity (Wildman–Crippen MR) is 193 cm³/mol. The molecule has 2 N–H and O–H groups in total. The number of anilines is 2. The van der Waals surface area contributed by atoms with Gasteiger partial charge in [-0.25, -0.2) is 4.99 Å². The molecule has 4 rings (SSSR count). The molecule has 0 heterocycles. The Morgan fingerprint density at radius 2 is 1.27 bits per heavy atom. The SMILES string of the molecule is CC1CCCCC1.CC\C=C(C(=C/N=C(C)Nc1cc(C(F)(F)F)cc(C(F)(F)F)c1)/C(C)=C/CC)\c1ccc(NC2CCCCC2)cc1. The molecule has 0 aromatic heterocycles. The molecule has 0 amide bonds. The van der Waals surface area contributed by atoms with Gasteiger partial charge in [0.2, 0.25) is 0 Å². The summed E-state index contributed by atoms with van der Waals surface area (Å²) in [5, 5.41) is 6.23. The fourth-order valence-corrected chi connectivity index (χ4v) is 6.35. The molecule has 0 spiro atoms. The summed E-state index contributed by atoms with van der Waals surface area (Å²) in [6.07, 6.45) is 10.9. The normalized spacial score (nSPS) is 17.8. The first-order chi connectivity index (χ1) is 23.2. The molecule has 0 aliphatic heterocycles. The van der Waals surface area contributed by atoms with Gasteiger partial charge in [-0.3, -0.25) is 0 Å². The van der Waals surface area contributed by atoms with Gasteiger partial charge in [0.1, 0.15) is 5.84 Å². The summed E-state index contributed by atoms with van der Waals surface area (Å²) in [5.41, 5.74) is 1.63. The van der Waals surface area contributed by atoms with E-state index in [-0.39, 0.29) is 17.6 Å². The molecule has 3 nitrogen and oxygen atoms in total. The van der Waals surface area contributed by atoms with Crippen molar-refractivity contribution in [2.24, 2.45) is 10.9 Å². The summed E-state index contributed by atoms with van der Waals surface area (Å²) in [7, 11) is 0. The van der Waals surface area contributed by atoms with Crippen molar-refractivity contribution in [1.29, 1.82) is 0 Å². The van der Waals surface area contributed by atoms with E-state index in [1.807, 2.05) is 20.8 Å². The van der Waals surface area contributed by atoms with Crippen molar-refractivity contribution in [2.75, 3.05) is 10.6 Å². The van der Waals surface area contributed by atoms with Crippen molar-refractivity contribution in [3.05, 3.63) is 88.7 Å². The minimum absolute atomic E-state index is 0.104. The fourth-order valence-electron chi connectivity index (χ4n) is 6.35. The maximum Gasteiger partial charge on any atom is 0.416 e. The van der Waals surface area contributed by atoms with Gasteiger partial charge < -0.3 is 10.6 Å². The van der Waals surface area contributed by atoms with Gasteiger partial charge in [0.15, 0.2) is 0 Å². The van der Waals surface area contributed by atoms with Crippen LogP contribution in [0.4, 0.5) is 37.7 Å². The molecule has 2 aromatic rings. The van der Waals surface area contributed by atoms with Gasteiger partial charge in [0, 0.05) is 29.2 Å². The number of nitrogens with zero attached hydrogens (tertiary/aromatic N) is 1. The van der Waals surface area contributed by atoms with Crippen LogP contribution in [0, 0.1) is 5.92 Å². The third kappa shape index (κ3) is 13.4. The van der Waals surface area contributed by atoms with Crippen LogP contribution in [-0.4, -0.2) is 11.9 Å². The number of halogens is 6. The van der Waals surface area contributed by atoms with Crippen molar-refractivity contribution >= 4 is 22.8 Å². The van der Waals surface area contributed by atoms with Crippen molar-refractivity contribution in [3.63, 3.8) is 0 Å². The third-order valence-corrected chi connectivity index (χ3v) is 9.00. The first-order valence-corrected chi connectivity index (χ1v) is 17.8. The Morgan fingerprint density at radius 3 is 1.73 bits per heavy atom. The molecule has 0 unspecified atom stereocenters. The Kier molecular flexibility index (Phi) is 15.5. The van der Waals surface area contributed by atoms with E-state index in [9.17, 15) is 26.3 Å². The van der Waals surface area contributed by atoms with Gasteiger partial charge in [0.05, 0.1) is 11.1 Å². The molecule has 270 valence electrons. The second kappa shape index (κ2) is 19.0. The van der Waals surface area contributed by atoms with Crippen LogP contribution < -0.4 is 10.6 Å². The molecule has 9 heteroatoms. The van der Waals surface area contributed by atoms with Gasteiger partial charge >= 0.3 is 12.4 Å². The van der Waals surface area contributed by atoms with Crippen LogP contribution in [0.5, 0.6) is 0 Å². The Hall–Kier alpha value is -3.49. The van der Waals surface area contributed by atoms with Crippen LogP contribution in [-0.2, 0) is 12.4 Å². The zero-order chi connectivity index (χ0) is 36.0. The highest BCUT2D eigenvalue weighted by Crippen LogP contribution is 2.38. The van der Waals surface area contributed by atoms with Crippen molar-refractivity contribution in [3.8, 4) is 0 Å². The molecule has 2 aliphatic carbocycles. The number of amidine groups is 1. The lowest BCUT2D eigenvalue weighted by atomic mass is 9.91. The van der Waals surface area contributed by atoms with E-state index in [2.05, 4.69) is 59.0 Å². The topological polar surface area (TPSA) is 36.4 Å². The summed E-state index contributed by atoms with van der Waals surface area (Å²) >= 11 is 0. The second-order valence-electron chi connectivity index (χ2n) is 13.3. The molecule has 0 radical (unpaired) electrons. The average Bonchev–Trinajstić information content (AvgIpc) is 3.05. The van der Waals surface area contributed by atoms with Crippen molar-refractivity contribution in [1.82, 2.24) is 0 Å². The number of rotatable bonds is 9. The molecule has 2 aliphatic rings. The molecule has 0 bridgehead atoms. The number of benzene rings is 2. The van der Waals surface area contributed by atoms with Gasteiger partial charge in [0.25, 0.3) is 0 Å². The Bertz CT molecular complexity index is 1400. The molecule has 0 saturated heterocycles. The number of nitrogens with one attached hydrogen (secondary N) is 2. The van der Waals surface area contributed by atoms with Gasteiger partial charge in [-0.1, -0.05) is 96.4 Å². The quantitative estimate of drug-likeness (QED) is 0.119. The third-order valence-electron chi connectivity index (χ3n) is 9.00. The van der Waals surface area contributed by atoms with E-state index in [0.717, 1.165) is 46.7 Å². The number of alkyl halides is 6. The van der Waals surface area contributed by atoms with Crippen LogP contribution in [0.2, 0.25) is 0 Å². The summed E-state index contributed by atoms with van der Waals surface area (Å²) in [6.45, 7) is 9.85. The van der Waals surface area contributed by atoms with E-state index in [1.54, 1.807) is 6.20 Å². The summed E-state index contributed by atoms with van der Waals surface area (Å²) < 4.78 is 79.8. The van der Waals surface area contributed by atoms with Gasteiger partial charge in [-0.15, -0.1) is 0 Å².